The predicted molar refractivity (Wildman–Crippen MR) is 80.8 cm³/mol. The smallest absolute Gasteiger partial charge is 0.410 e. The molecule has 0 radical (unpaired) electrons. The molecule has 2 fully saturated rings. The number of likely N-dealkylation sites (tertiary alicyclic amines) is 1. The number of carbonyl (C=O) groups excluding carboxylic acids is 1. The van der Waals surface area contributed by atoms with E-state index in [1.54, 1.807) is 0 Å². The van der Waals surface area contributed by atoms with Gasteiger partial charge in [0, 0.05) is 37.0 Å². The van der Waals surface area contributed by atoms with E-state index < -0.39 is 0 Å². The van der Waals surface area contributed by atoms with E-state index in [9.17, 15) is 4.79 Å². The summed E-state index contributed by atoms with van der Waals surface area (Å²) in [6.07, 6.45) is 2.73. The molecule has 4 nitrogen and oxygen atoms in total. The summed E-state index contributed by atoms with van der Waals surface area (Å²) in [5, 5.41) is 0. The normalized spacial score (nSPS) is 24.3. The molecule has 116 valence electrons. The van der Waals surface area contributed by atoms with Crippen molar-refractivity contribution in [2.24, 2.45) is 0 Å². The molecule has 2 rings (SSSR count). The summed E-state index contributed by atoms with van der Waals surface area (Å²) in [4.78, 5) is 16.6. The van der Waals surface area contributed by atoms with Crippen molar-refractivity contribution in [2.45, 2.75) is 77.5 Å². The Morgan fingerprint density at radius 1 is 1.15 bits per heavy atom. The molecule has 0 saturated carbocycles. The van der Waals surface area contributed by atoms with E-state index in [1.807, 2.05) is 4.90 Å². The monoisotopic (exact) mass is 282 g/mol. The van der Waals surface area contributed by atoms with Crippen molar-refractivity contribution in [1.82, 2.24) is 9.80 Å². The average Bonchev–Trinajstić information content (AvgIpc) is 2.66. The third-order valence-electron chi connectivity index (χ3n) is 5.19. The first-order valence-corrected chi connectivity index (χ1v) is 7.85. The van der Waals surface area contributed by atoms with Crippen molar-refractivity contribution in [2.75, 3.05) is 19.6 Å². The Balaban J connectivity index is 2.04. The number of amides is 1. The Kier molecular flexibility index (Phi) is 3.83. The number of piperidine rings is 1. The minimum Gasteiger partial charge on any atom is -0.441 e. The van der Waals surface area contributed by atoms with Crippen LogP contribution in [0.15, 0.2) is 0 Å². The van der Waals surface area contributed by atoms with Crippen molar-refractivity contribution in [3.8, 4) is 0 Å². The molecule has 1 spiro atoms. The molecule has 0 atom stereocenters. The van der Waals surface area contributed by atoms with E-state index in [4.69, 9.17) is 4.74 Å². The third-order valence-corrected chi connectivity index (χ3v) is 5.19. The molecule has 0 aromatic carbocycles. The third kappa shape index (κ3) is 2.80. The van der Waals surface area contributed by atoms with E-state index in [-0.39, 0.29) is 22.8 Å². The summed E-state index contributed by atoms with van der Waals surface area (Å²) in [6, 6.07) is 0. The lowest BCUT2D eigenvalue weighted by Crippen LogP contribution is -2.53. The van der Waals surface area contributed by atoms with Crippen LogP contribution in [0.2, 0.25) is 0 Å². The fourth-order valence-corrected chi connectivity index (χ4v) is 3.12. The number of hydrogen-bond donors (Lipinski definition) is 0. The van der Waals surface area contributed by atoms with E-state index in [1.165, 1.54) is 0 Å². The van der Waals surface area contributed by atoms with Gasteiger partial charge in [-0.1, -0.05) is 6.92 Å². The second-order valence-corrected chi connectivity index (χ2v) is 7.96. The zero-order chi connectivity index (χ0) is 15.2. The predicted octanol–water partition coefficient (Wildman–Crippen LogP) is 3.26. The fraction of sp³-hybridized carbons (Fsp3) is 0.938. The van der Waals surface area contributed by atoms with Crippen LogP contribution in [-0.4, -0.2) is 52.2 Å². The molecule has 0 bridgehead atoms. The van der Waals surface area contributed by atoms with Crippen LogP contribution in [0.5, 0.6) is 0 Å². The van der Waals surface area contributed by atoms with Crippen LogP contribution in [0.25, 0.3) is 0 Å². The van der Waals surface area contributed by atoms with Crippen molar-refractivity contribution in [3.63, 3.8) is 0 Å². The van der Waals surface area contributed by atoms with Crippen molar-refractivity contribution in [1.29, 1.82) is 0 Å². The average molecular weight is 282 g/mol. The van der Waals surface area contributed by atoms with Gasteiger partial charge in [0.05, 0.1) is 6.54 Å². The fourth-order valence-electron chi connectivity index (χ4n) is 3.12. The highest BCUT2D eigenvalue weighted by Gasteiger charge is 2.51. The van der Waals surface area contributed by atoms with Crippen LogP contribution in [0.1, 0.15) is 60.8 Å². The van der Waals surface area contributed by atoms with Crippen LogP contribution in [-0.2, 0) is 4.74 Å². The second kappa shape index (κ2) is 4.90. The molecule has 2 aliphatic heterocycles. The Morgan fingerprint density at radius 3 is 2.15 bits per heavy atom. The highest BCUT2D eigenvalue weighted by atomic mass is 16.6. The molecule has 2 heterocycles. The zero-order valence-corrected chi connectivity index (χ0v) is 14.0. The standard InChI is InChI=1S/C16H30N2O2/c1-7-15(5,6)18-12-16(20-13(18)19)8-10-17(11-9-16)14(2,3)4/h7-12H2,1-6H3. The number of rotatable bonds is 2. The van der Waals surface area contributed by atoms with Gasteiger partial charge in [-0.3, -0.25) is 9.80 Å². The molecular weight excluding hydrogens is 252 g/mol. The molecule has 4 heteroatoms. The highest BCUT2D eigenvalue weighted by Crippen LogP contribution is 2.38. The van der Waals surface area contributed by atoms with Gasteiger partial charge in [-0.05, 0) is 41.0 Å². The summed E-state index contributed by atoms with van der Waals surface area (Å²) in [7, 11) is 0. The molecule has 20 heavy (non-hydrogen) atoms. The van der Waals surface area contributed by atoms with Gasteiger partial charge in [-0.15, -0.1) is 0 Å². The van der Waals surface area contributed by atoms with E-state index >= 15 is 0 Å². The van der Waals surface area contributed by atoms with Gasteiger partial charge in [-0.2, -0.15) is 0 Å². The molecule has 0 aromatic rings. The molecule has 0 aliphatic carbocycles. The van der Waals surface area contributed by atoms with E-state index in [2.05, 4.69) is 46.4 Å². The molecule has 0 N–H and O–H groups in total. The Bertz CT molecular complexity index is 376. The lowest BCUT2D eigenvalue weighted by molar-refractivity contribution is -0.0224. The SMILES string of the molecule is CCC(C)(C)N1CC2(CCN(C(C)(C)C)CC2)OC1=O. The van der Waals surface area contributed by atoms with Gasteiger partial charge in [0.25, 0.3) is 0 Å². The van der Waals surface area contributed by atoms with E-state index in [0.29, 0.717) is 0 Å². The van der Waals surface area contributed by atoms with Crippen molar-refractivity contribution >= 4 is 6.09 Å². The first kappa shape index (κ1) is 15.6. The molecule has 1 amide bonds. The maximum atomic E-state index is 12.2. The Morgan fingerprint density at radius 2 is 1.70 bits per heavy atom. The first-order valence-electron chi connectivity index (χ1n) is 7.85. The first-order chi connectivity index (χ1) is 9.10. The largest absolute Gasteiger partial charge is 0.441 e. The van der Waals surface area contributed by atoms with Crippen LogP contribution in [0.3, 0.4) is 0 Å². The van der Waals surface area contributed by atoms with Crippen LogP contribution >= 0.6 is 0 Å². The molecule has 0 aromatic heterocycles. The van der Waals surface area contributed by atoms with Gasteiger partial charge in [0.15, 0.2) is 0 Å². The Hall–Kier alpha value is -0.770. The quantitative estimate of drug-likeness (QED) is 0.779. The maximum Gasteiger partial charge on any atom is 0.410 e. The topological polar surface area (TPSA) is 32.8 Å². The van der Waals surface area contributed by atoms with Gasteiger partial charge in [0.2, 0.25) is 0 Å². The Labute approximate surface area is 123 Å². The molecule has 2 saturated heterocycles. The van der Waals surface area contributed by atoms with Crippen LogP contribution in [0.4, 0.5) is 4.79 Å². The molecule has 0 unspecified atom stereocenters. The summed E-state index contributed by atoms with van der Waals surface area (Å²) >= 11 is 0. The summed E-state index contributed by atoms with van der Waals surface area (Å²) in [5.74, 6) is 0. The highest BCUT2D eigenvalue weighted by molar-refractivity contribution is 5.71. The zero-order valence-electron chi connectivity index (χ0n) is 14.0. The molecule has 2 aliphatic rings. The van der Waals surface area contributed by atoms with Crippen molar-refractivity contribution in [3.05, 3.63) is 0 Å². The minimum atomic E-state index is -0.245. The van der Waals surface area contributed by atoms with E-state index in [0.717, 1.165) is 38.9 Å². The van der Waals surface area contributed by atoms with Gasteiger partial charge in [0.1, 0.15) is 5.60 Å². The summed E-state index contributed by atoms with van der Waals surface area (Å²) in [6.45, 7) is 15.9. The maximum absolute atomic E-state index is 12.2. The van der Waals surface area contributed by atoms with Crippen LogP contribution in [0, 0.1) is 0 Å². The van der Waals surface area contributed by atoms with Gasteiger partial charge in [-0.25, -0.2) is 4.79 Å². The number of ether oxygens (including phenoxy) is 1. The second-order valence-electron chi connectivity index (χ2n) is 7.96. The van der Waals surface area contributed by atoms with Gasteiger partial charge < -0.3 is 4.74 Å². The van der Waals surface area contributed by atoms with Gasteiger partial charge >= 0.3 is 6.09 Å². The number of carbonyl (C=O) groups is 1. The summed E-state index contributed by atoms with van der Waals surface area (Å²) in [5.41, 5.74) is -0.153. The molecular formula is C16H30N2O2. The lowest BCUT2D eigenvalue weighted by atomic mass is 9.87. The van der Waals surface area contributed by atoms with Crippen molar-refractivity contribution < 1.29 is 9.53 Å². The number of hydrogen-bond acceptors (Lipinski definition) is 3. The minimum absolute atomic E-state index is 0.109. The lowest BCUT2D eigenvalue weighted by Gasteiger charge is -2.44. The summed E-state index contributed by atoms with van der Waals surface area (Å²) < 4.78 is 5.81. The number of nitrogens with zero attached hydrogens (tertiary/aromatic N) is 2. The van der Waals surface area contributed by atoms with Crippen LogP contribution < -0.4 is 0 Å².